The molecule has 0 aliphatic carbocycles. The number of anilines is 2. The molecule has 7 heteroatoms. The summed E-state index contributed by atoms with van der Waals surface area (Å²) >= 11 is 0. The van der Waals surface area contributed by atoms with E-state index in [2.05, 4.69) is 21.3 Å². The van der Waals surface area contributed by atoms with Gasteiger partial charge in [-0.3, -0.25) is 0 Å². The predicted molar refractivity (Wildman–Crippen MR) is 107 cm³/mol. The zero-order chi connectivity index (χ0) is 19.5. The Balaban J connectivity index is 1.55. The van der Waals surface area contributed by atoms with Gasteiger partial charge in [0.1, 0.15) is 11.6 Å². The van der Waals surface area contributed by atoms with Crippen LogP contribution >= 0.6 is 0 Å². The van der Waals surface area contributed by atoms with Crippen LogP contribution in [-0.4, -0.2) is 30.7 Å². The molecule has 146 valence electrons. The number of ether oxygens (including phenoxy) is 2. The lowest BCUT2D eigenvalue weighted by molar-refractivity contribution is 0.353. The number of hydrogen-bond acceptors (Lipinski definition) is 7. The molecule has 3 aromatic rings. The maximum atomic E-state index is 5.46. The van der Waals surface area contributed by atoms with Gasteiger partial charge in [-0.05, 0) is 48.7 Å². The van der Waals surface area contributed by atoms with Crippen molar-refractivity contribution in [1.29, 1.82) is 0 Å². The molecule has 0 fully saturated rings. The number of nitrogens with zero attached hydrogens (tertiary/aromatic N) is 3. The molecule has 0 saturated carbocycles. The van der Waals surface area contributed by atoms with Crippen LogP contribution in [0.3, 0.4) is 0 Å². The zero-order valence-electron chi connectivity index (χ0n) is 16.4. The second-order valence-electron chi connectivity index (χ2n) is 6.77. The monoisotopic (exact) mass is 380 g/mol. The number of aryl methyl sites for hydroxylation is 1. The number of benzene rings is 1. The smallest absolute Gasteiger partial charge is 0.227 e. The van der Waals surface area contributed by atoms with Crippen LogP contribution in [0.4, 0.5) is 11.8 Å². The van der Waals surface area contributed by atoms with Crippen LogP contribution in [-0.2, 0) is 19.5 Å². The van der Waals surface area contributed by atoms with E-state index >= 15 is 0 Å². The average Bonchev–Trinajstić information content (AvgIpc) is 3.24. The van der Waals surface area contributed by atoms with E-state index in [1.54, 1.807) is 20.5 Å². The van der Waals surface area contributed by atoms with E-state index < -0.39 is 0 Å². The van der Waals surface area contributed by atoms with Gasteiger partial charge >= 0.3 is 0 Å². The van der Waals surface area contributed by atoms with Crippen molar-refractivity contribution in [2.75, 3.05) is 31.0 Å². The first-order chi connectivity index (χ1) is 13.7. The van der Waals surface area contributed by atoms with Gasteiger partial charge in [0.05, 0.1) is 27.0 Å². The molecule has 4 rings (SSSR count). The summed E-state index contributed by atoms with van der Waals surface area (Å²) in [5.41, 5.74) is 3.40. The zero-order valence-corrected chi connectivity index (χ0v) is 16.4. The Morgan fingerprint density at radius 2 is 1.89 bits per heavy atom. The molecule has 2 aromatic heterocycles. The summed E-state index contributed by atoms with van der Waals surface area (Å²) in [5.74, 6) is 3.89. The molecule has 0 radical (unpaired) electrons. The molecule has 1 aliphatic rings. The lowest BCUT2D eigenvalue weighted by Crippen LogP contribution is -2.32. The fraction of sp³-hybridized carbons (Fsp3) is 0.333. The minimum absolute atomic E-state index is 0.586. The summed E-state index contributed by atoms with van der Waals surface area (Å²) in [6.45, 7) is 4.15. The number of furan rings is 1. The van der Waals surface area contributed by atoms with Crippen LogP contribution in [0, 0.1) is 6.92 Å². The Labute approximate surface area is 164 Å². The van der Waals surface area contributed by atoms with Gasteiger partial charge in [-0.15, -0.1) is 0 Å². The molecule has 0 saturated heterocycles. The highest BCUT2D eigenvalue weighted by molar-refractivity contribution is 5.52. The first-order valence-corrected chi connectivity index (χ1v) is 9.27. The van der Waals surface area contributed by atoms with Crippen molar-refractivity contribution in [3.8, 4) is 11.5 Å². The molecular weight excluding hydrogens is 356 g/mol. The van der Waals surface area contributed by atoms with Crippen molar-refractivity contribution >= 4 is 11.8 Å². The highest BCUT2D eigenvalue weighted by Gasteiger charge is 2.21. The standard InChI is InChI=1S/C21H24N4O3/c1-14-9-20(22-12-17-5-4-8-28-17)24-21(23-14)25-7-6-15-10-18(26-2)19(27-3)11-16(15)13-25/h4-5,8-11H,6-7,12-13H2,1-3H3,(H,22,23,24). The molecule has 1 N–H and O–H groups in total. The van der Waals surface area contributed by atoms with E-state index in [0.29, 0.717) is 6.54 Å². The lowest BCUT2D eigenvalue weighted by atomic mass is 9.99. The highest BCUT2D eigenvalue weighted by Crippen LogP contribution is 2.34. The van der Waals surface area contributed by atoms with E-state index in [1.807, 2.05) is 31.2 Å². The van der Waals surface area contributed by atoms with Crippen LogP contribution < -0.4 is 19.7 Å². The van der Waals surface area contributed by atoms with Gasteiger partial charge in [0.15, 0.2) is 11.5 Å². The summed E-state index contributed by atoms with van der Waals surface area (Å²) in [7, 11) is 3.32. The van der Waals surface area contributed by atoms with E-state index in [9.17, 15) is 0 Å². The highest BCUT2D eigenvalue weighted by atomic mass is 16.5. The lowest BCUT2D eigenvalue weighted by Gasteiger charge is -2.30. The van der Waals surface area contributed by atoms with E-state index in [-0.39, 0.29) is 0 Å². The van der Waals surface area contributed by atoms with E-state index in [4.69, 9.17) is 18.9 Å². The van der Waals surface area contributed by atoms with Gasteiger partial charge in [0.25, 0.3) is 0 Å². The summed E-state index contributed by atoms with van der Waals surface area (Å²) in [4.78, 5) is 11.6. The topological polar surface area (TPSA) is 72.7 Å². The number of fused-ring (bicyclic) bond motifs is 1. The van der Waals surface area contributed by atoms with Gasteiger partial charge in [-0.1, -0.05) is 0 Å². The van der Waals surface area contributed by atoms with Crippen LogP contribution in [0.1, 0.15) is 22.6 Å². The van der Waals surface area contributed by atoms with Gasteiger partial charge in [-0.25, -0.2) is 4.98 Å². The van der Waals surface area contributed by atoms with Crippen molar-refractivity contribution in [2.24, 2.45) is 0 Å². The average molecular weight is 380 g/mol. The van der Waals surface area contributed by atoms with Crippen molar-refractivity contribution < 1.29 is 13.9 Å². The second-order valence-corrected chi connectivity index (χ2v) is 6.77. The summed E-state index contributed by atoms with van der Waals surface area (Å²) < 4.78 is 16.3. The SMILES string of the molecule is COc1cc2c(cc1OC)CN(c1nc(C)cc(NCc3ccco3)n1)CC2. The number of hydrogen-bond donors (Lipinski definition) is 1. The van der Waals surface area contributed by atoms with E-state index in [1.165, 1.54) is 11.1 Å². The van der Waals surface area contributed by atoms with Crippen molar-refractivity contribution in [2.45, 2.75) is 26.4 Å². The molecule has 0 unspecified atom stereocenters. The largest absolute Gasteiger partial charge is 0.493 e. The molecule has 0 spiro atoms. The number of nitrogens with one attached hydrogen (secondary N) is 1. The Hall–Kier alpha value is -3.22. The summed E-state index contributed by atoms with van der Waals surface area (Å²) in [6, 6.07) is 9.87. The first kappa shape index (κ1) is 18.2. The fourth-order valence-electron chi connectivity index (χ4n) is 3.43. The summed E-state index contributed by atoms with van der Waals surface area (Å²) in [6.07, 6.45) is 2.57. The minimum Gasteiger partial charge on any atom is -0.493 e. The Bertz CT molecular complexity index is 957. The molecule has 0 amide bonds. The van der Waals surface area contributed by atoms with Crippen LogP contribution in [0.25, 0.3) is 0 Å². The van der Waals surface area contributed by atoms with Crippen molar-refractivity contribution in [3.63, 3.8) is 0 Å². The summed E-state index contributed by atoms with van der Waals surface area (Å²) in [5, 5.41) is 3.31. The third kappa shape index (κ3) is 3.74. The number of aromatic nitrogens is 2. The predicted octanol–water partition coefficient (Wildman–Crippen LogP) is 3.57. The van der Waals surface area contributed by atoms with Gasteiger partial charge < -0.3 is 24.1 Å². The van der Waals surface area contributed by atoms with Crippen LogP contribution in [0.2, 0.25) is 0 Å². The van der Waals surface area contributed by atoms with Crippen molar-refractivity contribution in [3.05, 3.63) is 59.2 Å². The molecule has 7 nitrogen and oxygen atoms in total. The third-order valence-electron chi connectivity index (χ3n) is 4.87. The fourth-order valence-corrected chi connectivity index (χ4v) is 3.43. The van der Waals surface area contributed by atoms with Gasteiger partial charge in [-0.2, -0.15) is 4.98 Å². The van der Waals surface area contributed by atoms with E-state index in [0.717, 1.165) is 54.2 Å². The Morgan fingerprint density at radius 1 is 1.11 bits per heavy atom. The van der Waals surface area contributed by atoms with Crippen molar-refractivity contribution in [1.82, 2.24) is 9.97 Å². The number of methoxy groups -OCH3 is 2. The maximum Gasteiger partial charge on any atom is 0.227 e. The number of rotatable bonds is 6. The Kier molecular flexibility index (Phi) is 5.06. The molecular formula is C21H24N4O3. The van der Waals surface area contributed by atoms with Gasteiger partial charge in [0.2, 0.25) is 5.95 Å². The minimum atomic E-state index is 0.586. The molecule has 28 heavy (non-hydrogen) atoms. The molecule has 1 aromatic carbocycles. The maximum absolute atomic E-state index is 5.46. The van der Waals surface area contributed by atoms with Crippen LogP contribution in [0.15, 0.2) is 41.0 Å². The Morgan fingerprint density at radius 3 is 2.61 bits per heavy atom. The quantitative estimate of drug-likeness (QED) is 0.701. The second kappa shape index (κ2) is 7.80. The van der Waals surface area contributed by atoms with Crippen LogP contribution in [0.5, 0.6) is 11.5 Å². The molecule has 0 bridgehead atoms. The first-order valence-electron chi connectivity index (χ1n) is 9.27. The molecule has 0 atom stereocenters. The molecule has 3 heterocycles. The van der Waals surface area contributed by atoms with Gasteiger partial charge in [0, 0.05) is 24.8 Å². The third-order valence-corrected chi connectivity index (χ3v) is 4.87. The normalized spacial score (nSPS) is 13.2. The molecule has 1 aliphatic heterocycles.